The van der Waals surface area contributed by atoms with Gasteiger partial charge >= 0.3 is 5.97 Å². The van der Waals surface area contributed by atoms with Gasteiger partial charge in [-0.15, -0.1) is 0 Å². The zero-order valence-corrected chi connectivity index (χ0v) is 18.5. The molecular weight excluding hydrogens is 420 g/mol. The number of carbonyl (C=O) groups excluding carboxylic acids is 4. The smallest absolute Gasteiger partial charge is 0.330 e. The van der Waals surface area contributed by atoms with Gasteiger partial charge in [-0.25, -0.2) is 4.79 Å². The zero-order valence-electron chi connectivity index (χ0n) is 18.5. The van der Waals surface area contributed by atoms with E-state index < -0.39 is 52.8 Å². The molecule has 0 bridgehead atoms. The average molecular weight is 448 g/mol. The average Bonchev–Trinajstić information content (AvgIpc) is 2.70. The van der Waals surface area contributed by atoms with Crippen LogP contribution < -0.4 is 21.1 Å². The third kappa shape index (κ3) is 7.91. The molecule has 0 heterocycles. The van der Waals surface area contributed by atoms with Crippen LogP contribution in [0.15, 0.2) is 30.4 Å². The third-order valence-corrected chi connectivity index (χ3v) is 4.20. The number of hydrogen-bond acceptors (Lipinski definition) is 8. The van der Waals surface area contributed by atoms with E-state index in [1.165, 1.54) is 13.8 Å². The summed E-state index contributed by atoms with van der Waals surface area (Å²) in [7, 11) is 0. The van der Waals surface area contributed by atoms with Gasteiger partial charge in [-0.05, 0) is 32.3 Å². The van der Waals surface area contributed by atoms with Crippen molar-refractivity contribution < 1.29 is 28.8 Å². The van der Waals surface area contributed by atoms with Crippen molar-refractivity contribution in [3.05, 3.63) is 46.0 Å². The highest BCUT2D eigenvalue weighted by molar-refractivity contribution is 6.05. The highest BCUT2D eigenvalue weighted by Crippen LogP contribution is 2.27. The van der Waals surface area contributed by atoms with E-state index >= 15 is 0 Å². The van der Waals surface area contributed by atoms with Crippen molar-refractivity contribution in [1.29, 1.82) is 0 Å². The van der Waals surface area contributed by atoms with Crippen molar-refractivity contribution >= 4 is 29.3 Å². The number of non-ortho nitro benzene ring substituents is 1. The van der Waals surface area contributed by atoms with Gasteiger partial charge < -0.3 is 21.1 Å². The molecule has 0 fully saturated rings. The van der Waals surface area contributed by atoms with Gasteiger partial charge in [0, 0.05) is 17.7 Å². The fourth-order valence-electron chi connectivity index (χ4n) is 2.57. The molecule has 0 aliphatic carbocycles. The van der Waals surface area contributed by atoms with Gasteiger partial charge in [-0.1, -0.05) is 20.4 Å². The first-order valence-corrected chi connectivity index (χ1v) is 9.86. The highest BCUT2D eigenvalue weighted by atomic mass is 16.6. The predicted molar refractivity (Wildman–Crippen MR) is 116 cm³/mol. The molecule has 0 radical (unpaired) electrons. The topological polar surface area (TPSA) is 171 Å². The summed E-state index contributed by atoms with van der Waals surface area (Å²) < 4.78 is 5.17. The molecule has 0 aliphatic heterocycles. The van der Waals surface area contributed by atoms with Crippen molar-refractivity contribution in [3.8, 4) is 5.75 Å². The Morgan fingerprint density at radius 2 is 1.84 bits per heavy atom. The number of nitro benzene ring substituents is 1. The summed E-state index contributed by atoms with van der Waals surface area (Å²) in [5.41, 5.74) is 5.10. The van der Waals surface area contributed by atoms with Gasteiger partial charge in [0.05, 0.1) is 22.6 Å². The number of ketones is 1. The van der Waals surface area contributed by atoms with E-state index in [4.69, 9.17) is 10.5 Å². The van der Waals surface area contributed by atoms with Gasteiger partial charge in [0.2, 0.25) is 11.8 Å². The molecule has 0 saturated carbocycles. The number of esters is 1. The molecule has 0 aliphatic rings. The van der Waals surface area contributed by atoms with E-state index in [1.807, 2.05) is 13.8 Å². The molecule has 2 atom stereocenters. The number of carbonyl (C=O) groups is 4. The standard InChI is InChI=1S/C21H28N4O7/c1-11(2)8-16(24-21(29)13(5)22)19(27)15-9-14(25(30)31)6-7-17(15)32-18(26)10-23-20(28)12(3)4/h6-7,9,11,13,16H,3,8,10,22H2,1-2,4-5H3,(H,23,28)(H,24,29). The number of benzene rings is 1. The van der Waals surface area contributed by atoms with Gasteiger partial charge in [0.15, 0.2) is 5.78 Å². The number of Topliss-reactive ketones (excluding diaryl/α,β-unsaturated/α-hetero) is 1. The SMILES string of the molecule is C=C(C)C(=O)NCC(=O)Oc1ccc([N+](=O)[O-])cc1C(=O)C(CC(C)C)NC(=O)C(C)N. The molecule has 32 heavy (non-hydrogen) atoms. The summed E-state index contributed by atoms with van der Waals surface area (Å²) in [5.74, 6) is -2.96. The van der Waals surface area contributed by atoms with Crippen LogP contribution in [-0.4, -0.2) is 47.1 Å². The van der Waals surface area contributed by atoms with Crippen LogP contribution in [-0.2, 0) is 14.4 Å². The lowest BCUT2D eigenvalue weighted by molar-refractivity contribution is -0.384. The maximum Gasteiger partial charge on any atom is 0.330 e. The zero-order chi connectivity index (χ0) is 24.6. The van der Waals surface area contributed by atoms with Crippen molar-refractivity contribution in [2.75, 3.05) is 6.54 Å². The van der Waals surface area contributed by atoms with Crippen LogP contribution in [0.4, 0.5) is 5.69 Å². The molecule has 174 valence electrons. The number of rotatable bonds is 11. The summed E-state index contributed by atoms with van der Waals surface area (Å²) in [6.45, 7) is 9.51. The quantitative estimate of drug-likeness (QED) is 0.113. The van der Waals surface area contributed by atoms with Crippen molar-refractivity contribution in [2.24, 2.45) is 11.7 Å². The van der Waals surface area contributed by atoms with E-state index in [-0.39, 0.29) is 29.2 Å². The number of hydrogen-bond donors (Lipinski definition) is 3. The number of nitrogens with two attached hydrogens (primary N) is 1. The Hall–Kier alpha value is -3.60. The summed E-state index contributed by atoms with van der Waals surface area (Å²) in [5, 5.41) is 16.0. The molecular formula is C21H28N4O7. The number of nitrogens with one attached hydrogen (secondary N) is 2. The Kier molecular flexibility index (Phi) is 9.67. The van der Waals surface area contributed by atoms with E-state index in [9.17, 15) is 29.3 Å². The summed E-state index contributed by atoms with van der Waals surface area (Å²) in [6.07, 6.45) is 0.224. The van der Waals surface area contributed by atoms with Crippen LogP contribution in [0.5, 0.6) is 5.75 Å². The maximum absolute atomic E-state index is 13.2. The molecule has 0 saturated heterocycles. The van der Waals surface area contributed by atoms with E-state index in [1.54, 1.807) is 0 Å². The third-order valence-electron chi connectivity index (χ3n) is 4.20. The Morgan fingerprint density at radius 1 is 1.22 bits per heavy atom. The fraction of sp³-hybridized carbons (Fsp3) is 0.429. The molecule has 0 aromatic heterocycles. The van der Waals surface area contributed by atoms with E-state index in [2.05, 4.69) is 17.2 Å². The largest absolute Gasteiger partial charge is 0.424 e. The van der Waals surface area contributed by atoms with Gasteiger partial charge in [0.1, 0.15) is 12.3 Å². The Balaban J connectivity index is 3.26. The monoisotopic (exact) mass is 448 g/mol. The lowest BCUT2D eigenvalue weighted by Gasteiger charge is -2.21. The minimum Gasteiger partial charge on any atom is -0.424 e. The minimum absolute atomic E-state index is 0.0145. The first-order chi connectivity index (χ1) is 14.8. The summed E-state index contributed by atoms with van der Waals surface area (Å²) in [4.78, 5) is 59.5. The van der Waals surface area contributed by atoms with Crippen LogP contribution in [0.2, 0.25) is 0 Å². The second-order valence-electron chi connectivity index (χ2n) is 7.72. The molecule has 2 unspecified atom stereocenters. The number of nitrogens with zero attached hydrogens (tertiary/aromatic N) is 1. The maximum atomic E-state index is 13.2. The van der Waals surface area contributed by atoms with E-state index in [0.717, 1.165) is 18.2 Å². The van der Waals surface area contributed by atoms with Crippen molar-refractivity contribution in [2.45, 2.75) is 46.2 Å². The second kappa shape index (κ2) is 11.7. The lowest BCUT2D eigenvalue weighted by Crippen LogP contribution is -2.48. The molecule has 0 spiro atoms. The van der Waals surface area contributed by atoms with Crippen LogP contribution in [0.25, 0.3) is 0 Å². The first kappa shape index (κ1) is 26.4. The second-order valence-corrected chi connectivity index (χ2v) is 7.72. The fourth-order valence-corrected chi connectivity index (χ4v) is 2.57. The molecule has 4 N–H and O–H groups in total. The van der Waals surface area contributed by atoms with E-state index in [0.29, 0.717) is 0 Å². The molecule has 11 heteroatoms. The van der Waals surface area contributed by atoms with Crippen molar-refractivity contribution in [3.63, 3.8) is 0 Å². The van der Waals surface area contributed by atoms with Crippen LogP contribution in [0.3, 0.4) is 0 Å². The Bertz CT molecular complexity index is 925. The lowest BCUT2D eigenvalue weighted by atomic mass is 9.94. The highest BCUT2D eigenvalue weighted by Gasteiger charge is 2.29. The molecule has 11 nitrogen and oxygen atoms in total. The number of ether oxygens (including phenoxy) is 1. The molecule has 2 amide bonds. The summed E-state index contributed by atoms with van der Waals surface area (Å²) in [6, 6.07) is 1.24. The molecule has 1 aromatic carbocycles. The number of nitro groups is 1. The van der Waals surface area contributed by atoms with Crippen LogP contribution >= 0.6 is 0 Å². The van der Waals surface area contributed by atoms with Crippen LogP contribution in [0, 0.1) is 16.0 Å². The van der Waals surface area contributed by atoms with Crippen LogP contribution in [0.1, 0.15) is 44.5 Å². The summed E-state index contributed by atoms with van der Waals surface area (Å²) >= 11 is 0. The first-order valence-electron chi connectivity index (χ1n) is 9.86. The minimum atomic E-state index is -1.05. The normalized spacial score (nSPS) is 12.4. The van der Waals surface area contributed by atoms with Gasteiger partial charge in [-0.3, -0.25) is 24.5 Å². The van der Waals surface area contributed by atoms with Gasteiger partial charge in [0.25, 0.3) is 5.69 Å². The predicted octanol–water partition coefficient (Wildman–Crippen LogP) is 1.25. The number of amides is 2. The molecule has 1 aromatic rings. The molecule has 1 rings (SSSR count). The Morgan fingerprint density at radius 3 is 2.34 bits per heavy atom. The van der Waals surface area contributed by atoms with Crippen molar-refractivity contribution in [1.82, 2.24) is 10.6 Å². The Labute approximate surface area is 185 Å². The van der Waals surface area contributed by atoms with Gasteiger partial charge in [-0.2, -0.15) is 0 Å².